The number of carbonyl (C=O) groups is 2. The van der Waals surface area contributed by atoms with Gasteiger partial charge in [0.25, 0.3) is 0 Å². The van der Waals surface area contributed by atoms with Crippen LogP contribution >= 0.6 is 11.3 Å². The third-order valence-corrected chi connectivity index (χ3v) is 3.31. The number of halogens is 3. The quantitative estimate of drug-likeness (QED) is 0.861. The van der Waals surface area contributed by atoms with Crippen molar-refractivity contribution in [2.75, 3.05) is 0 Å². The van der Waals surface area contributed by atoms with Crippen LogP contribution in [-0.4, -0.2) is 31.7 Å². The summed E-state index contributed by atoms with van der Waals surface area (Å²) in [6.07, 6.45) is -2.25. The summed E-state index contributed by atoms with van der Waals surface area (Å²) in [7, 11) is 0. The Morgan fingerprint density at radius 3 is 2.68 bits per heavy atom. The maximum absolute atomic E-state index is 12.4. The predicted molar refractivity (Wildman–Crippen MR) is 68.1 cm³/mol. The van der Waals surface area contributed by atoms with Gasteiger partial charge in [-0.15, -0.1) is 11.3 Å². The Bertz CT molecular complexity index is 695. The van der Waals surface area contributed by atoms with Crippen molar-refractivity contribution in [1.29, 1.82) is 0 Å². The van der Waals surface area contributed by atoms with Crippen LogP contribution in [0.4, 0.5) is 13.2 Å². The Kier molecular flexibility index (Phi) is 4.45. The SMILES string of the molecule is O=C(Cn1cc(C(=O)O)cn1)NCc1nc(C(F)(F)F)cs1. The lowest BCUT2D eigenvalue weighted by atomic mass is 10.4. The number of hydrogen-bond donors (Lipinski definition) is 2. The number of alkyl halides is 3. The first-order chi connectivity index (χ1) is 10.3. The molecule has 0 bridgehead atoms. The topological polar surface area (TPSA) is 97.1 Å². The monoisotopic (exact) mass is 334 g/mol. The minimum Gasteiger partial charge on any atom is -0.478 e. The molecule has 0 spiro atoms. The number of hydrogen-bond acceptors (Lipinski definition) is 5. The van der Waals surface area contributed by atoms with Gasteiger partial charge in [0.05, 0.1) is 18.3 Å². The van der Waals surface area contributed by atoms with E-state index in [4.69, 9.17) is 5.11 Å². The predicted octanol–water partition coefficient (Wildman–Crippen LogP) is 1.37. The zero-order valence-corrected chi connectivity index (χ0v) is 11.6. The van der Waals surface area contributed by atoms with Crippen LogP contribution in [0.1, 0.15) is 21.1 Å². The Morgan fingerprint density at radius 2 is 2.14 bits per heavy atom. The van der Waals surface area contributed by atoms with Crippen molar-refractivity contribution in [3.63, 3.8) is 0 Å². The fraction of sp³-hybridized carbons (Fsp3) is 0.273. The summed E-state index contributed by atoms with van der Waals surface area (Å²) in [5, 5.41) is 15.8. The minimum atomic E-state index is -4.51. The highest BCUT2D eigenvalue weighted by Crippen LogP contribution is 2.29. The number of rotatable bonds is 5. The van der Waals surface area contributed by atoms with Crippen molar-refractivity contribution >= 4 is 23.2 Å². The van der Waals surface area contributed by atoms with Gasteiger partial charge in [0, 0.05) is 11.6 Å². The second-order valence-electron chi connectivity index (χ2n) is 4.13. The van der Waals surface area contributed by atoms with Crippen LogP contribution in [0.5, 0.6) is 0 Å². The fourth-order valence-corrected chi connectivity index (χ4v) is 2.20. The molecular weight excluding hydrogens is 325 g/mol. The van der Waals surface area contributed by atoms with Gasteiger partial charge in [-0.05, 0) is 0 Å². The fourth-order valence-electron chi connectivity index (χ4n) is 1.46. The van der Waals surface area contributed by atoms with Crippen molar-refractivity contribution < 1.29 is 27.9 Å². The smallest absolute Gasteiger partial charge is 0.434 e. The molecule has 11 heteroatoms. The molecule has 0 saturated carbocycles. The molecule has 2 rings (SSSR count). The van der Waals surface area contributed by atoms with Crippen LogP contribution in [0.2, 0.25) is 0 Å². The van der Waals surface area contributed by atoms with E-state index in [1.807, 2.05) is 0 Å². The van der Waals surface area contributed by atoms with Gasteiger partial charge >= 0.3 is 12.1 Å². The first-order valence-electron chi connectivity index (χ1n) is 5.80. The van der Waals surface area contributed by atoms with E-state index in [1.165, 1.54) is 6.20 Å². The van der Waals surface area contributed by atoms with Crippen molar-refractivity contribution in [2.24, 2.45) is 0 Å². The summed E-state index contributed by atoms with van der Waals surface area (Å²) >= 11 is 0.787. The van der Waals surface area contributed by atoms with Crippen molar-refractivity contribution in [2.45, 2.75) is 19.3 Å². The van der Waals surface area contributed by atoms with Crippen molar-refractivity contribution in [3.8, 4) is 0 Å². The van der Waals surface area contributed by atoms with Gasteiger partial charge in [0.15, 0.2) is 5.69 Å². The molecule has 22 heavy (non-hydrogen) atoms. The molecule has 118 valence electrons. The Hall–Kier alpha value is -2.43. The second-order valence-corrected chi connectivity index (χ2v) is 5.08. The molecule has 0 saturated heterocycles. The highest BCUT2D eigenvalue weighted by molar-refractivity contribution is 7.09. The van der Waals surface area contributed by atoms with Gasteiger partial charge < -0.3 is 10.4 Å². The van der Waals surface area contributed by atoms with Crippen LogP contribution in [0.3, 0.4) is 0 Å². The van der Waals surface area contributed by atoms with E-state index in [-0.39, 0.29) is 23.7 Å². The number of carboxylic acid groups (broad SMARTS) is 1. The Morgan fingerprint density at radius 1 is 1.41 bits per heavy atom. The molecule has 0 aliphatic carbocycles. The van der Waals surface area contributed by atoms with Gasteiger partial charge in [0.1, 0.15) is 11.6 Å². The number of carbonyl (C=O) groups excluding carboxylic acids is 1. The summed E-state index contributed by atoms with van der Waals surface area (Å²) < 4.78 is 38.2. The zero-order valence-electron chi connectivity index (χ0n) is 10.8. The van der Waals surface area contributed by atoms with Crippen LogP contribution < -0.4 is 5.32 Å². The van der Waals surface area contributed by atoms with Crippen LogP contribution in [0.25, 0.3) is 0 Å². The molecular formula is C11H9F3N4O3S. The molecule has 0 aromatic carbocycles. The van der Waals surface area contributed by atoms with Gasteiger partial charge in [-0.25, -0.2) is 9.78 Å². The average Bonchev–Trinajstić information content (AvgIpc) is 3.04. The molecule has 7 nitrogen and oxygen atoms in total. The zero-order chi connectivity index (χ0) is 16.3. The highest BCUT2D eigenvalue weighted by atomic mass is 32.1. The minimum absolute atomic E-state index is 0.0671. The summed E-state index contributed by atoms with van der Waals surface area (Å²) in [5.74, 6) is -1.70. The average molecular weight is 334 g/mol. The summed E-state index contributed by atoms with van der Waals surface area (Å²) in [6, 6.07) is 0. The molecule has 2 heterocycles. The lowest BCUT2D eigenvalue weighted by molar-refractivity contribution is -0.140. The number of thiazole rings is 1. The second kappa shape index (κ2) is 6.13. The maximum atomic E-state index is 12.4. The molecule has 0 atom stereocenters. The van der Waals surface area contributed by atoms with Gasteiger partial charge in [-0.3, -0.25) is 9.48 Å². The first kappa shape index (κ1) is 15.9. The molecule has 0 aliphatic heterocycles. The number of aromatic nitrogens is 3. The van der Waals surface area contributed by atoms with Crippen molar-refractivity contribution in [3.05, 3.63) is 34.0 Å². The lowest BCUT2D eigenvalue weighted by Crippen LogP contribution is -2.27. The van der Waals surface area contributed by atoms with E-state index in [1.54, 1.807) is 0 Å². The van der Waals surface area contributed by atoms with Crippen LogP contribution in [0, 0.1) is 0 Å². The van der Waals surface area contributed by atoms with E-state index in [2.05, 4.69) is 15.4 Å². The molecule has 0 radical (unpaired) electrons. The van der Waals surface area contributed by atoms with E-state index in [9.17, 15) is 22.8 Å². The molecule has 2 N–H and O–H groups in total. The molecule has 0 aliphatic rings. The van der Waals surface area contributed by atoms with Gasteiger partial charge in [-0.1, -0.05) is 0 Å². The summed E-state index contributed by atoms with van der Waals surface area (Å²) in [6.45, 7) is -0.391. The van der Waals surface area contributed by atoms with E-state index in [0.29, 0.717) is 0 Å². The first-order valence-corrected chi connectivity index (χ1v) is 6.67. The number of aromatic carboxylic acids is 1. The lowest BCUT2D eigenvalue weighted by Gasteiger charge is -2.03. The number of carboxylic acids is 1. The number of nitrogens with one attached hydrogen (secondary N) is 1. The third kappa shape index (κ3) is 4.04. The van der Waals surface area contributed by atoms with Crippen LogP contribution in [-0.2, 0) is 24.1 Å². The number of amides is 1. The largest absolute Gasteiger partial charge is 0.478 e. The normalized spacial score (nSPS) is 11.4. The van der Waals surface area contributed by atoms with E-state index < -0.39 is 23.7 Å². The van der Waals surface area contributed by atoms with Crippen LogP contribution in [0.15, 0.2) is 17.8 Å². The maximum Gasteiger partial charge on any atom is 0.434 e. The summed E-state index contributed by atoms with van der Waals surface area (Å²) in [4.78, 5) is 25.6. The van der Waals surface area contributed by atoms with Gasteiger partial charge in [-0.2, -0.15) is 18.3 Å². The highest BCUT2D eigenvalue weighted by Gasteiger charge is 2.33. The summed E-state index contributed by atoms with van der Waals surface area (Å²) in [5.41, 5.74) is -1.07. The molecule has 2 aromatic rings. The van der Waals surface area contributed by atoms with E-state index in [0.717, 1.165) is 27.6 Å². The molecule has 0 unspecified atom stereocenters. The van der Waals surface area contributed by atoms with Crippen molar-refractivity contribution in [1.82, 2.24) is 20.1 Å². The van der Waals surface area contributed by atoms with Gasteiger partial charge in [0.2, 0.25) is 5.91 Å². The standard InChI is InChI=1S/C11H9F3N4O3S/c12-11(13,14)7-5-22-9(17-7)2-15-8(19)4-18-3-6(1-16-18)10(20)21/h1,3,5H,2,4H2,(H,15,19)(H,20,21). The molecule has 0 fully saturated rings. The molecule has 1 amide bonds. The van der Waals surface area contributed by atoms with E-state index >= 15 is 0 Å². The Balaban J connectivity index is 1.87. The number of nitrogens with zero attached hydrogens (tertiary/aromatic N) is 3. The Labute approximate surface area is 125 Å². The molecule has 2 aromatic heterocycles. The third-order valence-electron chi connectivity index (χ3n) is 2.46.